The summed E-state index contributed by atoms with van der Waals surface area (Å²) in [6.07, 6.45) is 5.85. The average molecular weight is 226 g/mol. The Morgan fingerprint density at radius 1 is 1.44 bits per heavy atom. The van der Waals surface area contributed by atoms with E-state index >= 15 is 0 Å². The summed E-state index contributed by atoms with van der Waals surface area (Å²) in [4.78, 5) is 11.6. The summed E-state index contributed by atoms with van der Waals surface area (Å²) in [5.74, 6) is 0.149. The third-order valence-corrected chi connectivity index (χ3v) is 3.28. The van der Waals surface area contributed by atoms with Crippen molar-refractivity contribution in [3.05, 3.63) is 0 Å². The molecule has 0 aromatic rings. The molecule has 1 fully saturated rings. The number of rotatable bonds is 5. The maximum Gasteiger partial charge on any atom is 0.234 e. The zero-order valence-corrected chi connectivity index (χ0v) is 10.9. The van der Waals surface area contributed by atoms with E-state index < -0.39 is 0 Å². The topological polar surface area (TPSA) is 41.1 Å². The van der Waals surface area contributed by atoms with E-state index in [0.29, 0.717) is 18.0 Å². The van der Waals surface area contributed by atoms with Crippen LogP contribution in [0.4, 0.5) is 0 Å². The Morgan fingerprint density at radius 2 is 2.19 bits per heavy atom. The van der Waals surface area contributed by atoms with E-state index in [1.165, 1.54) is 12.8 Å². The lowest BCUT2D eigenvalue weighted by Gasteiger charge is -2.35. The van der Waals surface area contributed by atoms with E-state index in [0.717, 1.165) is 25.8 Å². The van der Waals surface area contributed by atoms with Crippen LogP contribution in [0.3, 0.4) is 0 Å². The lowest BCUT2D eigenvalue weighted by molar-refractivity contribution is -0.121. The fraction of sp³-hybridized carbons (Fsp3) is 0.923. The molecule has 94 valence electrons. The van der Waals surface area contributed by atoms with Crippen molar-refractivity contribution in [3.8, 4) is 0 Å². The van der Waals surface area contributed by atoms with Gasteiger partial charge in [-0.2, -0.15) is 0 Å². The van der Waals surface area contributed by atoms with Crippen LogP contribution < -0.4 is 10.6 Å². The molecule has 0 heterocycles. The van der Waals surface area contributed by atoms with Crippen LogP contribution in [0.2, 0.25) is 0 Å². The second-order valence-corrected chi connectivity index (χ2v) is 5.70. The summed E-state index contributed by atoms with van der Waals surface area (Å²) in [6.45, 7) is 8.07. The highest BCUT2D eigenvalue weighted by Gasteiger charge is 2.28. The first-order chi connectivity index (χ1) is 7.53. The van der Waals surface area contributed by atoms with Gasteiger partial charge in [-0.15, -0.1) is 0 Å². The molecular formula is C13H26N2O. The molecule has 1 aliphatic rings. The Balaban J connectivity index is 2.23. The zero-order chi connectivity index (χ0) is 12.0. The van der Waals surface area contributed by atoms with Crippen molar-refractivity contribution >= 4 is 5.91 Å². The summed E-state index contributed by atoms with van der Waals surface area (Å²) >= 11 is 0. The van der Waals surface area contributed by atoms with Crippen LogP contribution in [0.15, 0.2) is 0 Å². The van der Waals surface area contributed by atoms with Gasteiger partial charge >= 0.3 is 0 Å². The summed E-state index contributed by atoms with van der Waals surface area (Å²) in [5.41, 5.74) is 0.396. The third kappa shape index (κ3) is 4.97. The maximum absolute atomic E-state index is 11.6. The van der Waals surface area contributed by atoms with Crippen molar-refractivity contribution < 1.29 is 4.79 Å². The molecule has 0 saturated heterocycles. The fourth-order valence-electron chi connectivity index (χ4n) is 2.48. The predicted molar refractivity (Wildman–Crippen MR) is 67.3 cm³/mol. The van der Waals surface area contributed by atoms with Gasteiger partial charge in [0, 0.05) is 6.04 Å². The van der Waals surface area contributed by atoms with Crippen LogP contribution >= 0.6 is 0 Å². The minimum atomic E-state index is 0.149. The Bertz CT molecular complexity index is 226. The van der Waals surface area contributed by atoms with Crippen LogP contribution in [0.25, 0.3) is 0 Å². The molecule has 0 aliphatic heterocycles. The van der Waals surface area contributed by atoms with Gasteiger partial charge in [-0.3, -0.25) is 4.79 Å². The van der Waals surface area contributed by atoms with Crippen LogP contribution in [0.1, 0.15) is 52.9 Å². The molecule has 1 aliphatic carbocycles. The van der Waals surface area contributed by atoms with Gasteiger partial charge in [0.2, 0.25) is 5.91 Å². The molecule has 1 atom stereocenters. The molecule has 1 unspecified atom stereocenters. The highest BCUT2D eigenvalue weighted by atomic mass is 16.1. The van der Waals surface area contributed by atoms with Crippen molar-refractivity contribution in [1.82, 2.24) is 10.6 Å². The van der Waals surface area contributed by atoms with Crippen LogP contribution in [0.5, 0.6) is 0 Å². The summed E-state index contributed by atoms with van der Waals surface area (Å²) in [6, 6.07) is 0.389. The second kappa shape index (κ2) is 6.24. The molecule has 2 N–H and O–H groups in total. The molecule has 0 spiro atoms. The van der Waals surface area contributed by atoms with Crippen LogP contribution in [0, 0.1) is 5.41 Å². The number of amides is 1. The monoisotopic (exact) mass is 226 g/mol. The van der Waals surface area contributed by atoms with Crippen LogP contribution in [-0.2, 0) is 4.79 Å². The lowest BCUT2D eigenvalue weighted by atomic mass is 9.75. The second-order valence-electron chi connectivity index (χ2n) is 5.70. The Labute approximate surface area is 99.4 Å². The quantitative estimate of drug-likeness (QED) is 0.705. The van der Waals surface area contributed by atoms with Gasteiger partial charge in [-0.1, -0.05) is 27.2 Å². The van der Waals surface area contributed by atoms with E-state index in [1.54, 1.807) is 0 Å². The van der Waals surface area contributed by atoms with Gasteiger partial charge in [0.05, 0.1) is 6.54 Å². The number of hydrogen-bond donors (Lipinski definition) is 2. The summed E-state index contributed by atoms with van der Waals surface area (Å²) in [5, 5.41) is 6.27. The molecule has 0 aromatic carbocycles. The zero-order valence-electron chi connectivity index (χ0n) is 10.9. The number of carbonyl (C=O) groups excluding carboxylic acids is 1. The standard InChI is InChI=1S/C13H26N2O/c1-4-8-14-10-12(16)15-11-6-5-7-13(2,3)9-11/h11,14H,4-10H2,1-3H3,(H,15,16). The fourth-order valence-corrected chi connectivity index (χ4v) is 2.48. The van der Waals surface area contributed by atoms with Crippen molar-refractivity contribution in [2.45, 2.75) is 58.9 Å². The number of hydrogen-bond acceptors (Lipinski definition) is 2. The van der Waals surface area contributed by atoms with Crippen molar-refractivity contribution in [1.29, 1.82) is 0 Å². The third-order valence-electron chi connectivity index (χ3n) is 3.28. The van der Waals surface area contributed by atoms with Gasteiger partial charge in [-0.25, -0.2) is 0 Å². The van der Waals surface area contributed by atoms with Crippen molar-refractivity contribution in [2.24, 2.45) is 5.41 Å². The van der Waals surface area contributed by atoms with Crippen molar-refractivity contribution in [3.63, 3.8) is 0 Å². The molecule has 0 radical (unpaired) electrons. The largest absolute Gasteiger partial charge is 0.352 e. The predicted octanol–water partition coefficient (Wildman–Crippen LogP) is 2.07. The first kappa shape index (κ1) is 13.5. The summed E-state index contributed by atoms with van der Waals surface area (Å²) < 4.78 is 0. The minimum Gasteiger partial charge on any atom is -0.352 e. The molecular weight excluding hydrogens is 200 g/mol. The summed E-state index contributed by atoms with van der Waals surface area (Å²) in [7, 11) is 0. The van der Waals surface area contributed by atoms with Gasteiger partial charge in [0.25, 0.3) is 0 Å². The highest BCUT2D eigenvalue weighted by molar-refractivity contribution is 5.78. The lowest BCUT2D eigenvalue weighted by Crippen LogP contribution is -2.44. The normalized spacial score (nSPS) is 24.1. The molecule has 1 rings (SSSR count). The SMILES string of the molecule is CCCNCC(=O)NC1CCCC(C)(C)C1. The molecule has 1 saturated carbocycles. The Morgan fingerprint density at radius 3 is 2.81 bits per heavy atom. The first-order valence-electron chi connectivity index (χ1n) is 6.53. The van der Waals surface area contributed by atoms with E-state index in [-0.39, 0.29) is 5.91 Å². The van der Waals surface area contributed by atoms with E-state index in [2.05, 4.69) is 31.4 Å². The average Bonchev–Trinajstić information content (AvgIpc) is 2.16. The van der Waals surface area contributed by atoms with E-state index in [4.69, 9.17) is 0 Å². The molecule has 0 bridgehead atoms. The first-order valence-corrected chi connectivity index (χ1v) is 6.53. The van der Waals surface area contributed by atoms with Gasteiger partial charge in [0.1, 0.15) is 0 Å². The minimum absolute atomic E-state index is 0.149. The van der Waals surface area contributed by atoms with Gasteiger partial charge in [0.15, 0.2) is 0 Å². The van der Waals surface area contributed by atoms with Gasteiger partial charge < -0.3 is 10.6 Å². The van der Waals surface area contributed by atoms with Crippen molar-refractivity contribution in [2.75, 3.05) is 13.1 Å². The molecule has 0 aromatic heterocycles. The smallest absolute Gasteiger partial charge is 0.234 e. The molecule has 16 heavy (non-hydrogen) atoms. The number of carbonyl (C=O) groups is 1. The molecule has 3 heteroatoms. The van der Waals surface area contributed by atoms with E-state index in [9.17, 15) is 4.79 Å². The molecule has 1 amide bonds. The molecule has 3 nitrogen and oxygen atoms in total. The highest BCUT2D eigenvalue weighted by Crippen LogP contribution is 2.34. The van der Waals surface area contributed by atoms with Crippen LogP contribution in [-0.4, -0.2) is 25.0 Å². The number of nitrogens with one attached hydrogen (secondary N) is 2. The Hall–Kier alpha value is -0.570. The maximum atomic E-state index is 11.6. The Kier molecular flexibility index (Phi) is 5.26. The van der Waals surface area contributed by atoms with E-state index in [1.807, 2.05) is 0 Å². The van der Waals surface area contributed by atoms with Gasteiger partial charge in [-0.05, 0) is 37.6 Å².